The van der Waals surface area contributed by atoms with E-state index in [0.717, 1.165) is 12.8 Å². The second-order valence-electron chi connectivity index (χ2n) is 4.79. The Kier molecular flexibility index (Phi) is 2.51. The summed E-state index contributed by atoms with van der Waals surface area (Å²) in [7, 11) is 1.62. The zero-order valence-electron chi connectivity index (χ0n) is 10.5. The van der Waals surface area contributed by atoms with Gasteiger partial charge in [-0.05, 0) is 12.8 Å². The lowest BCUT2D eigenvalue weighted by atomic mass is 10.2. The van der Waals surface area contributed by atoms with Crippen molar-refractivity contribution >= 4 is 5.91 Å². The van der Waals surface area contributed by atoms with Crippen molar-refractivity contribution < 1.29 is 4.79 Å². The molecular formula is C11H14N6O2. The molecule has 2 aromatic heterocycles. The molecule has 1 fully saturated rings. The van der Waals surface area contributed by atoms with Gasteiger partial charge in [0.2, 0.25) is 0 Å². The third-order valence-electron chi connectivity index (χ3n) is 3.39. The fourth-order valence-corrected chi connectivity index (χ4v) is 2.08. The molecule has 1 aliphatic rings. The molecule has 2 aromatic rings. The number of H-pyrrole nitrogens is 1. The smallest absolute Gasteiger partial charge is 0.269 e. The van der Waals surface area contributed by atoms with Crippen molar-refractivity contribution in [2.45, 2.75) is 18.4 Å². The minimum atomic E-state index is -0.289. The molecule has 8 heteroatoms. The van der Waals surface area contributed by atoms with E-state index in [1.807, 2.05) is 0 Å². The predicted molar refractivity (Wildman–Crippen MR) is 65.6 cm³/mol. The molecule has 3 rings (SSSR count). The highest BCUT2D eigenvalue weighted by molar-refractivity contribution is 5.92. The highest BCUT2D eigenvalue weighted by atomic mass is 16.2. The van der Waals surface area contributed by atoms with Crippen molar-refractivity contribution in [3.8, 4) is 0 Å². The van der Waals surface area contributed by atoms with Crippen LogP contribution in [0.4, 0.5) is 0 Å². The Morgan fingerprint density at radius 3 is 2.68 bits per heavy atom. The molecule has 1 amide bonds. The van der Waals surface area contributed by atoms with Gasteiger partial charge < -0.3 is 5.32 Å². The monoisotopic (exact) mass is 262 g/mol. The van der Waals surface area contributed by atoms with Crippen LogP contribution < -0.4 is 10.9 Å². The van der Waals surface area contributed by atoms with Gasteiger partial charge in [0, 0.05) is 19.7 Å². The molecule has 19 heavy (non-hydrogen) atoms. The summed E-state index contributed by atoms with van der Waals surface area (Å²) < 4.78 is 1.41. The minimum absolute atomic E-state index is 0.200. The zero-order valence-corrected chi connectivity index (χ0v) is 10.5. The second-order valence-corrected chi connectivity index (χ2v) is 4.79. The number of amides is 1. The number of carbonyl (C=O) groups excluding carboxylic acids is 1. The van der Waals surface area contributed by atoms with Crippen LogP contribution in [0.2, 0.25) is 0 Å². The number of carbonyl (C=O) groups is 1. The number of nitrogens with zero attached hydrogens (tertiary/aromatic N) is 4. The van der Waals surface area contributed by atoms with Gasteiger partial charge in [-0.3, -0.25) is 19.4 Å². The molecule has 0 atom stereocenters. The van der Waals surface area contributed by atoms with Crippen molar-refractivity contribution in [1.29, 1.82) is 0 Å². The number of hydrogen-bond donors (Lipinski definition) is 2. The summed E-state index contributed by atoms with van der Waals surface area (Å²) in [4.78, 5) is 24.8. The van der Waals surface area contributed by atoms with Crippen LogP contribution in [0.3, 0.4) is 0 Å². The van der Waals surface area contributed by atoms with Crippen molar-refractivity contribution in [2.75, 3.05) is 6.54 Å². The Morgan fingerprint density at radius 2 is 2.16 bits per heavy atom. The molecule has 1 saturated carbocycles. The Hall–Kier alpha value is -2.38. The molecule has 2 heterocycles. The van der Waals surface area contributed by atoms with Gasteiger partial charge in [-0.15, -0.1) is 0 Å². The first kappa shape index (κ1) is 11.7. The van der Waals surface area contributed by atoms with Gasteiger partial charge in [-0.2, -0.15) is 15.0 Å². The molecule has 0 unspecified atom stereocenters. The molecule has 0 aromatic carbocycles. The topological polar surface area (TPSA) is 97.6 Å². The number of hydrogen-bond acceptors (Lipinski definition) is 4. The highest BCUT2D eigenvalue weighted by Crippen LogP contribution is 2.41. The highest BCUT2D eigenvalue weighted by Gasteiger charge is 2.46. The summed E-state index contributed by atoms with van der Waals surface area (Å²) in [6, 6.07) is 1.28. The van der Waals surface area contributed by atoms with E-state index in [2.05, 4.69) is 20.6 Å². The molecule has 1 aliphatic carbocycles. The first-order chi connectivity index (χ1) is 9.11. The number of nitrogens with one attached hydrogen (secondary N) is 2. The quantitative estimate of drug-likeness (QED) is 0.755. The fourth-order valence-electron chi connectivity index (χ4n) is 2.08. The Bertz CT molecular complexity index is 649. The Morgan fingerprint density at radius 1 is 1.47 bits per heavy atom. The molecule has 100 valence electrons. The van der Waals surface area contributed by atoms with Crippen LogP contribution in [-0.4, -0.2) is 37.2 Å². The lowest BCUT2D eigenvalue weighted by molar-refractivity contribution is 0.0933. The lowest BCUT2D eigenvalue weighted by Gasteiger charge is -2.15. The van der Waals surface area contributed by atoms with Gasteiger partial charge in [-0.25, -0.2) is 0 Å². The largest absolute Gasteiger partial charge is 0.348 e. The van der Waals surface area contributed by atoms with Crippen molar-refractivity contribution in [3.63, 3.8) is 0 Å². The summed E-state index contributed by atoms with van der Waals surface area (Å²) in [6.07, 6.45) is 5.12. The summed E-state index contributed by atoms with van der Waals surface area (Å²) in [5.41, 5.74) is -0.175. The van der Waals surface area contributed by atoms with E-state index in [1.54, 1.807) is 24.2 Å². The Balaban J connectivity index is 1.69. The fraction of sp³-hybridized carbons (Fsp3) is 0.455. The van der Waals surface area contributed by atoms with E-state index in [-0.39, 0.29) is 17.0 Å². The zero-order chi connectivity index (χ0) is 13.5. The number of aromatic nitrogens is 5. The third kappa shape index (κ3) is 2.05. The number of rotatable bonds is 4. The molecule has 0 aliphatic heterocycles. The van der Waals surface area contributed by atoms with Crippen LogP contribution in [0.15, 0.2) is 23.3 Å². The maximum absolute atomic E-state index is 12.0. The second kappa shape index (κ2) is 4.08. The first-order valence-corrected chi connectivity index (χ1v) is 6.02. The van der Waals surface area contributed by atoms with Gasteiger partial charge in [0.05, 0.1) is 17.9 Å². The summed E-state index contributed by atoms with van der Waals surface area (Å²) in [5.74, 6) is -0.278. The SMILES string of the molecule is Cn1[nH]c(=O)cc1C(=O)NCC1(n2nccn2)CC1. The first-order valence-electron chi connectivity index (χ1n) is 6.02. The summed E-state index contributed by atoms with van der Waals surface area (Å²) >= 11 is 0. The summed E-state index contributed by atoms with van der Waals surface area (Å²) in [5, 5.41) is 13.6. The lowest BCUT2D eigenvalue weighted by Crippen LogP contribution is -2.37. The number of aryl methyl sites for hydroxylation is 1. The van der Waals surface area contributed by atoms with Crippen LogP contribution in [0.5, 0.6) is 0 Å². The van der Waals surface area contributed by atoms with E-state index in [4.69, 9.17) is 0 Å². The van der Waals surface area contributed by atoms with Gasteiger partial charge in [-0.1, -0.05) is 0 Å². The average molecular weight is 262 g/mol. The van der Waals surface area contributed by atoms with E-state index in [1.165, 1.54) is 10.7 Å². The molecular weight excluding hydrogens is 248 g/mol. The molecule has 0 bridgehead atoms. The standard InChI is InChI=1S/C11H14N6O2/c1-16-8(6-9(18)15-16)10(19)12-7-11(2-3-11)17-13-4-5-14-17/h4-6H,2-3,7H2,1H3,(H,12,19)(H,15,18). The van der Waals surface area contributed by atoms with E-state index < -0.39 is 0 Å². The van der Waals surface area contributed by atoms with Gasteiger partial charge in [0.1, 0.15) is 5.69 Å². The number of aromatic amines is 1. The summed E-state index contributed by atoms with van der Waals surface area (Å²) in [6.45, 7) is 0.458. The molecule has 8 nitrogen and oxygen atoms in total. The van der Waals surface area contributed by atoms with E-state index >= 15 is 0 Å². The van der Waals surface area contributed by atoms with E-state index in [9.17, 15) is 9.59 Å². The van der Waals surface area contributed by atoms with Crippen LogP contribution in [-0.2, 0) is 12.6 Å². The van der Waals surface area contributed by atoms with Gasteiger partial charge in [0.15, 0.2) is 0 Å². The molecule has 2 N–H and O–H groups in total. The van der Waals surface area contributed by atoms with Crippen molar-refractivity contribution in [3.05, 3.63) is 34.5 Å². The minimum Gasteiger partial charge on any atom is -0.348 e. The van der Waals surface area contributed by atoms with Gasteiger partial charge in [0.25, 0.3) is 11.5 Å². The van der Waals surface area contributed by atoms with Crippen molar-refractivity contribution in [2.24, 2.45) is 7.05 Å². The maximum atomic E-state index is 12.0. The normalized spacial score (nSPS) is 16.3. The third-order valence-corrected chi connectivity index (χ3v) is 3.39. The average Bonchev–Trinajstić information content (AvgIpc) is 2.82. The Labute approximate surface area is 108 Å². The molecule has 0 radical (unpaired) electrons. The van der Waals surface area contributed by atoms with Crippen LogP contribution in [0.25, 0.3) is 0 Å². The van der Waals surface area contributed by atoms with Crippen LogP contribution in [0.1, 0.15) is 23.3 Å². The molecule has 0 saturated heterocycles. The van der Waals surface area contributed by atoms with Crippen LogP contribution >= 0.6 is 0 Å². The molecule has 0 spiro atoms. The van der Waals surface area contributed by atoms with E-state index in [0.29, 0.717) is 12.2 Å². The van der Waals surface area contributed by atoms with Gasteiger partial charge >= 0.3 is 0 Å². The van der Waals surface area contributed by atoms with Crippen LogP contribution in [0, 0.1) is 0 Å². The predicted octanol–water partition coefficient (Wildman–Crippen LogP) is -0.776. The maximum Gasteiger partial charge on any atom is 0.269 e. The van der Waals surface area contributed by atoms with Crippen molar-refractivity contribution in [1.82, 2.24) is 30.1 Å².